The fraction of sp³-hybridized carbons (Fsp3) is 0.825. The molecule has 0 aliphatic rings. The van der Waals surface area contributed by atoms with Crippen LogP contribution >= 0.6 is 0 Å². The van der Waals surface area contributed by atoms with Crippen LogP contribution in [0.2, 0.25) is 0 Å². The lowest BCUT2D eigenvalue weighted by Gasteiger charge is -2.09. The number of hydrogen-bond acceptors (Lipinski definition) is 19. The molecule has 0 aromatic heterocycles. The van der Waals surface area contributed by atoms with Crippen molar-refractivity contribution in [1.82, 2.24) is 37.2 Å². The molecule has 0 radical (unpaired) electrons. The zero-order valence-electron chi connectivity index (χ0n) is 38.7. The minimum atomic E-state index is -0.392. The summed E-state index contributed by atoms with van der Waals surface area (Å²) < 4.78 is 63.6. The van der Waals surface area contributed by atoms with Gasteiger partial charge in [0.05, 0.1) is 119 Å². The van der Waals surface area contributed by atoms with Crippen molar-refractivity contribution >= 4 is 41.4 Å². The fourth-order valence-corrected chi connectivity index (χ4v) is 4.45. The van der Waals surface area contributed by atoms with Crippen molar-refractivity contribution in [2.45, 2.75) is 13.8 Å². The molecule has 0 heterocycles. The third-order valence-electron chi connectivity index (χ3n) is 7.47. The molecule has 0 atom stereocenters. The van der Waals surface area contributed by atoms with Crippen LogP contribution < -0.4 is 37.2 Å². The van der Waals surface area contributed by atoms with Crippen LogP contribution in [0.15, 0.2) is 0 Å². The summed E-state index contributed by atoms with van der Waals surface area (Å²) in [5.74, 6) is -2.26. The van der Waals surface area contributed by atoms with Crippen molar-refractivity contribution in [2.24, 2.45) is 0 Å². The van der Waals surface area contributed by atoms with Gasteiger partial charge in [-0.05, 0) is 6.92 Å². The van der Waals surface area contributed by atoms with E-state index in [1.807, 2.05) is 0 Å². The van der Waals surface area contributed by atoms with Crippen LogP contribution in [0.4, 0.5) is 0 Å². The third kappa shape index (κ3) is 49.2. The normalized spacial score (nSPS) is 10.9. The van der Waals surface area contributed by atoms with Crippen molar-refractivity contribution in [1.29, 1.82) is 0 Å². The maximum atomic E-state index is 11.9. The topological polar surface area (TPSA) is 314 Å². The van der Waals surface area contributed by atoms with E-state index in [0.29, 0.717) is 119 Å². The molecule has 384 valence electrons. The Labute approximate surface area is 386 Å². The summed E-state index contributed by atoms with van der Waals surface area (Å²) >= 11 is 0. The van der Waals surface area contributed by atoms with Gasteiger partial charge in [-0.1, -0.05) is 0 Å². The highest BCUT2D eigenvalue weighted by Crippen LogP contribution is 1.86. The maximum absolute atomic E-state index is 11.9. The minimum absolute atomic E-state index is 0.103. The van der Waals surface area contributed by atoms with Crippen molar-refractivity contribution < 1.29 is 90.4 Å². The van der Waals surface area contributed by atoms with Gasteiger partial charge in [0.15, 0.2) is 0 Å². The first-order valence-corrected chi connectivity index (χ1v) is 21.9. The number of carbonyl (C=O) groups excluding carboxylic acids is 7. The molecule has 0 unspecified atom stereocenters. The number of carbonyl (C=O) groups is 7. The van der Waals surface area contributed by atoms with Crippen LogP contribution in [0, 0.1) is 0 Å². The minimum Gasteiger partial charge on any atom is -0.377 e. The molecule has 66 heavy (non-hydrogen) atoms. The molecule has 0 saturated heterocycles. The predicted molar refractivity (Wildman–Crippen MR) is 232 cm³/mol. The first kappa shape index (κ1) is 61.8. The second kappa shape index (κ2) is 48.7. The van der Waals surface area contributed by atoms with Crippen molar-refractivity contribution in [3.05, 3.63) is 0 Å². The number of rotatable bonds is 49. The van der Waals surface area contributed by atoms with E-state index in [9.17, 15) is 33.6 Å². The van der Waals surface area contributed by atoms with Gasteiger partial charge in [-0.3, -0.25) is 33.6 Å². The van der Waals surface area contributed by atoms with E-state index in [0.717, 1.165) is 0 Å². The molecular weight excluding hydrogens is 882 g/mol. The second-order valence-corrected chi connectivity index (χ2v) is 13.2. The van der Waals surface area contributed by atoms with E-state index < -0.39 is 5.91 Å². The maximum Gasteiger partial charge on any atom is 0.246 e. The Morgan fingerprint density at radius 3 is 0.636 bits per heavy atom. The SMILES string of the molecule is CCNC(=O)COCC(=O)NCCOCCOCCOCCNC(=O)COCC(=O)NCCOCCOCCOCCNC(=O)COCC(=O)NCCOCCOCCOCCNC(C)=O. The highest BCUT2D eigenvalue weighted by Gasteiger charge is 2.08. The molecule has 0 fully saturated rings. The van der Waals surface area contributed by atoms with Crippen LogP contribution in [0.3, 0.4) is 0 Å². The Kier molecular flexibility index (Phi) is 45.6. The zero-order valence-corrected chi connectivity index (χ0v) is 38.7. The van der Waals surface area contributed by atoms with Gasteiger partial charge < -0.3 is 94.1 Å². The Bertz CT molecular complexity index is 1260. The predicted octanol–water partition coefficient (Wildman–Crippen LogP) is -4.96. The zero-order chi connectivity index (χ0) is 48.4. The first-order chi connectivity index (χ1) is 32.1. The molecule has 0 bridgehead atoms. The molecular formula is C40H75N7O19. The Morgan fingerprint density at radius 2 is 0.439 bits per heavy atom. The van der Waals surface area contributed by atoms with Crippen molar-refractivity contribution in [2.75, 3.05) is 204 Å². The summed E-state index contributed by atoms with van der Waals surface area (Å²) in [6.07, 6.45) is 0. The Hall–Kier alpha value is -4.19. The van der Waals surface area contributed by atoms with E-state index in [1.54, 1.807) is 6.92 Å². The molecule has 0 aromatic carbocycles. The smallest absolute Gasteiger partial charge is 0.246 e. The second-order valence-electron chi connectivity index (χ2n) is 13.2. The quantitative estimate of drug-likeness (QED) is 0.0281. The average Bonchev–Trinajstić information content (AvgIpc) is 3.28. The van der Waals surface area contributed by atoms with E-state index in [4.69, 9.17) is 56.8 Å². The van der Waals surface area contributed by atoms with Gasteiger partial charge in [0.25, 0.3) is 0 Å². The van der Waals surface area contributed by atoms with E-state index in [-0.39, 0.29) is 121 Å². The average molecular weight is 958 g/mol. The lowest BCUT2D eigenvalue weighted by molar-refractivity contribution is -0.132. The summed E-state index contributed by atoms with van der Waals surface area (Å²) in [4.78, 5) is 81.0. The number of nitrogens with one attached hydrogen (secondary N) is 7. The van der Waals surface area contributed by atoms with Crippen LogP contribution in [0.5, 0.6) is 0 Å². The van der Waals surface area contributed by atoms with E-state index in [1.165, 1.54) is 6.92 Å². The summed E-state index contributed by atoms with van der Waals surface area (Å²) in [6, 6.07) is 0. The van der Waals surface area contributed by atoms with Crippen LogP contribution in [0.25, 0.3) is 0 Å². The van der Waals surface area contributed by atoms with Gasteiger partial charge in [-0.2, -0.15) is 0 Å². The van der Waals surface area contributed by atoms with Gasteiger partial charge in [0.1, 0.15) is 39.6 Å². The molecule has 0 aromatic rings. The van der Waals surface area contributed by atoms with Gasteiger partial charge in [0, 0.05) is 52.7 Å². The highest BCUT2D eigenvalue weighted by molar-refractivity contribution is 5.80. The number of ether oxygens (including phenoxy) is 12. The summed E-state index contributed by atoms with van der Waals surface area (Å²) in [5.41, 5.74) is 0. The summed E-state index contributed by atoms with van der Waals surface area (Å²) in [7, 11) is 0. The molecule has 7 amide bonds. The van der Waals surface area contributed by atoms with Gasteiger partial charge >= 0.3 is 0 Å². The lowest BCUT2D eigenvalue weighted by Crippen LogP contribution is -2.34. The first-order valence-electron chi connectivity index (χ1n) is 21.9. The Balaban J connectivity index is 3.39. The van der Waals surface area contributed by atoms with E-state index >= 15 is 0 Å². The van der Waals surface area contributed by atoms with E-state index in [2.05, 4.69) is 37.2 Å². The molecule has 0 aliphatic heterocycles. The number of likely N-dealkylation sites (N-methyl/N-ethyl adjacent to an activating group) is 1. The van der Waals surface area contributed by atoms with Crippen LogP contribution in [0.1, 0.15) is 13.8 Å². The monoisotopic (exact) mass is 958 g/mol. The van der Waals surface area contributed by atoms with Gasteiger partial charge in [-0.15, -0.1) is 0 Å². The summed E-state index contributed by atoms with van der Waals surface area (Å²) in [6.45, 7) is 10.0. The van der Waals surface area contributed by atoms with Gasteiger partial charge in [0.2, 0.25) is 41.4 Å². The molecule has 26 heteroatoms. The van der Waals surface area contributed by atoms with Crippen LogP contribution in [-0.2, 0) is 90.4 Å². The fourth-order valence-electron chi connectivity index (χ4n) is 4.45. The molecule has 0 aliphatic carbocycles. The molecule has 7 N–H and O–H groups in total. The molecule has 0 rings (SSSR count). The number of hydrogen-bond donors (Lipinski definition) is 7. The standard InChI is InChI=1S/C40H75N7O19/c1-3-41-35(49)28-64-29-36(50)43-5-11-56-18-24-62-25-19-58-13-7-45-39(53)32-66-33-40(54)47-9-15-60-21-27-63-26-20-59-14-8-46-38(52)31-65-30-37(51)44-6-12-57-17-23-61-22-16-55-10-4-42-34(2)48/h3-33H2,1-2H3,(H,41,49)(H,42,48)(H,43,50)(H,44,51)(H,45,53)(H,46,52)(H,47,54). The van der Waals surface area contributed by atoms with Crippen molar-refractivity contribution in [3.8, 4) is 0 Å². The third-order valence-corrected chi connectivity index (χ3v) is 7.47. The number of amides is 7. The molecule has 26 nitrogen and oxygen atoms in total. The molecule has 0 spiro atoms. The van der Waals surface area contributed by atoms with Crippen molar-refractivity contribution in [3.63, 3.8) is 0 Å². The summed E-state index contributed by atoms with van der Waals surface area (Å²) in [5, 5.41) is 18.3. The highest BCUT2D eigenvalue weighted by atomic mass is 16.6. The van der Waals surface area contributed by atoms with Gasteiger partial charge in [-0.25, -0.2) is 0 Å². The lowest BCUT2D eigenvalue weighted by atomic mass is 10.5. The van der Waals surface area contributed by atoms with Crippen LogP contribution in [-0.4, -0.2) is 246 Å². The molecule has 0 saturated carbocycles. The Morgan fingerprint density at radius 1 is 0.258 bits per heavy atom. The largest absolute Gasteiger partial charge is 0.377 e.